The number of rotatable bonds is 4. The number of nitro groups is 1. The van der Waals surface area contributed by atoms with Gasteiger partial charge in [0.15, 0.2) is 0 Å². The van der Waals surface area contributed by atoms with Crippen molar-refractivity contribution in [3.8, 4) is 5.75 Å². The molecule has 0 aromatic heterocycles. The number of esters is 1. The van der Waals surface area contributed by atoms with E-state index in [0.717, 1.165) is 0 Å². The average molecular weight is 352 g/mol. The number of carbonyl (C=O) groups excluding carboxylic acids is 1. The molecule has 2 rings (SSSR count). The van der Waals surface area contributed by atoms with Gasteiger partial charge in [-0.1, -0.05) is 41.4 Å². The van der Waals surface area contributed by atoms with E-state index in [4.69, 9.17) is 27.9 Å². The summed E-state index contributed by atoms with van der Waals surface area (Å²) in [6.07, 6.45) is 1.33. The molecule has 0 radical (unpaired) electrons. The number of para-hydroxylation sites is 1. The fourth-order valence-electron chi connectivity index (χ4n) is 1.78. The van der Waals surface area contributed by atoms with Crippen LogP contribution in [0.4, 0.5) is 0 Å². The number of benzene rings is 2. The van der Waals surface area contributed by atoms with E-state index in [1.165, 1.54) is 31.2 Å². The van der Waals surface area contributed by atoms with Gasteiger partial charge in [0.25, 0.3) is 0 Å². The first-order chi connectivity index (χ1) is 10.9. The summed E-state index contributed by atoms with van der Waals surface area (Å²) in [6, 6.07) is 10.9. The summed E-state index contributed by atoms with van der Waals surface area (Å²) in [5, 5.41) is 11.3. The highest BCUT2D eigenvalue weighted by Gasteiger charge is 2.15. The van der Waals surface area contributed by atoms with Crippen LogP contribution in [0.3, 0.4) is 0 Å². The lowest BCUT2D eigenvalue weighted by Gasteiger charge is -2.08. The smallest absolute Gasteiger partial charge is 0.345 e. The minimum absolute atomic E-state index is 0.0713. The van der Waals surface area contributed by atoms with E-state index in [1.54, 1.807) is 24.3 Å². The van der Waals surface area contributed by atoms with Crippen LogP contribution < -0.4 is 4.74 Å². The van der Waals surface area contributed by atoms with Crippen LogP contribution in [0, 0.1) is 10.1 Å². The Kier molecular flexibility index (Phi) is 5.36. The van der Waals surface area contributed by atoms with Crippen molar-refractivity contribution < 1.29 is 14.5 Å². The van der Waals surface area contributed by atoms with E-state index in [2.05, 4.69) is 0 Å². The largest absolute Gasteiger partial charge is 0.422 e. The second-order valence-corrected chi connectivity index (χ2v) is 5.44. The van der Waals surface area contributed by atoms with Crippen molar-refractivity contribution >= 4 is 35.2 Å². The highest BCUT2D eigenvalue weighted by molar-refractivity contribution is 6.36. The van der Waals surface area contributed by atoms with Crippen LogP contribution in [0.15, 0.2) is 48.2 Å². The number of ether oxygens (including phenoxy) is 1. The molecule has 0 spiro atoms. The number of nitrogens with zero attached hydrogens (tertiary/aromatic N) is 1. The van der Waals surface area contributed by atoms with Crippen LogP contribution in [-0.2, 0) is 0 Å². The van der Waals surface area contributed by atoms with Gasteiger partial charge in [-0.05, 0) is 24.3 Å². The molecule has 0 atom stereocenters. The molecule has 0 fully saturated rings. The molecule has 0 N–H and O–H groups in total. The molecule has 0 heterocycles. The Balaban J connectivity index is 2.32. The van der Waals surface area contributed by atoms with Crippen molar-refractivity contribution in [1.82, 2.24) is 0 Å². The number of hydrogen-bond acceptors (Lipinski definition) is 4. The van der Waals surface area contributed by atoms with Crippen molar-refractivity contribution in [1.29, 1.82) is 0 Å². The predicted molar refractivity (Wildman–Crippen MR) is 88.5 cm³/mol. The van der Waals surface area contributed by atoms with Gasteiger partial charge in [-0.2, -0.15) is 0 Å². The number of halogens is 2. The lowest BCUT2D eigenvalue weighted by molar-refractivity contribution is -0.422. The highest BCUT2D eigenvalue weighted by atomic mass is 35.5. The first-order valence-corrected chi connectivity index (χ1v) is 7.23. The molecule has 0 aliphatic carbocycles. The molecule has 2 aromatic carbocycles. The molecule has 0 bridgehead atoms. The number of carbonyl (C=O) groups is 1. The second-order valence-electron chi connectivity index (χ2n) is 4.59. The van der Waals surface area contributed by atoms with E-state index in [9.17, 15) is 14.9 Å². The van der Waals surface area contributed by atoms with Gasteiger partial charge in [-0.15, -0.1) is 0 Å². The van der Waals surface area contributed by atoms with Gasteiger partial charge in [0.05, 0.1) is 15.5 Å². The summed E-state index contributed by atoms with van der Waals surface area (Å²) in [5.41, 5.74) is 0.499. The van der Waals surface area contributed by atoms with Gasteiger partial charge in [0.1, 0.15) is 5.75 Å². The molecule has 7 heteroatoms. The third-order valence-corrected chi connectivity index (χ3v) is 3.47. The predicted octanol–water partition coefficient (Wildman–Crippen LogP) is 4.85. The van der Waals surface area contributed by atoms with Crippen LogP contribution in [0.5, 0.6) is 5.75 Å². The molecule has 0 amide bonds. The minimum Gasteiger partial charge on any atom is -0.422 e. The summed E-state index contributed by atoms with van der Waals surface area (Å²) in [6.45, 7) is 1.36. The van der Waals surface area contributed by atoms with E-state index >= 15 is 0 Å². The Morgan fingerprint density at radius 1 is 1.22 bits per heavy atom. The summed E-state index contributed by atoms with van der Waals surface area (Å²) in [7, 11) is 0. The summed E-state index contributed by atoms with van der Waals surface area (Å²) < 4.78 is 5.30. The summed E-state index contributed by atoms with van der Waals surface area (Å²) in [5.74, 6) is -0.476. The number of hydrogen-bond donors (Lipinski definition) is 0. The van der Waals surface area contributed by atoms with Crippen LogP contribution in [-0.4, -0.2) is 10.9 Å². The zero-order chi connectivity index (χ0) is 17.0. The van der Waals surface area contributed by atoms with Gasteiger partial charge in [0.2, 0.25) is 5.70 Å². The Hall–Kier alpha value is -2.37. The maximum absolute atomic E-state index is 12.2. The van der Waals surface area contributed by atoms with Gasteiger partial charge in [-0.3, -0.25) is 10.1 Å². The van der Waals surface area contributed by atoms with Crippen molar-refractivity contribution in [3.63, 3.8) is 0 Å². The fraction of sp³-hybridized carbons (Fsp3) is 0.0625. The zero-order valence-electron chi connectivity index (χ0n) is 12.0. The molecule has 5 nitrogen and oxygen atoms in total. The zero-order valence-corrected chi connectivity index (χ0v) is 13.5. The molecule has 0 aliphatic heterocycles. The van der Waals surface area contributed by atoms with Crippen LogP contribution in [0.2, 0.25) is 10.0 Å². The topological polar surface area (TPSA) is 69.4 Å². The average Bonchev–Trinajstić information content (AvgIpc) is 2.48. The highest BCUT2D eigenvalue weighted by Crippen LogP contribution is 2.25. The molecule has 0 saturated carbocycles. The van der Waals surface area contributed by atoms with Crippen LogP contribution in [0.25, 0.3) is 6.08 Å². The molecule has 0 aliphatic rings. The fourth-order valence-corrected chi connectivity index (χ4v) is 2.27. The van der Waals surface area contributed by atoms with Crippen molar-refractivity contribution in [3.05, 3.63) is 79.4 Å². The van der Waals surface area contributed by atoms with Gasteiger partial charge in [-0.25, -0.2) is 4.79 Å². The van der Waals surface area contributed by atoms with Crippen LogP contribution >= 0.6 is 23.2 Å². The summed E-state index contributed by atoms with van der Waals surface area (Å²) >= 11 is 11.8. The Bertz CT molecular complexity index is 802. The normalized spacial score (nSPS) is 11.2. The van der Waals surface area contributed by atoms with E-state index < -0.39 is 10.9 Å². The monoisotopic (exact) mass is 351 g/mol. The second kappa shape index (κ2) is 7.26. The molecular formula is C16H11Cl2NO4. The third kappa shape index (κ3) is 4.31. The van der Waals surface area contributed by atoms with Crippen molar-refractivity contribution in [2.24, 2.45) is 0 Å². The Morgan fingerprint density at radius 3 is 2.57 bits per heavy atom. The SMILES string of the molecule is CC(=Cc1ccccc1OC(=O)c1ccc(Cl)cc1Cl)[N+](=O)[O-]. The number of allylic oxidation sites excluding steroid dienone is 1. The molecular weight excluding hydrogens is 341 g/mol. The standard InChI is InChI=1S/C16H11Cl2NO4/c1-10(19(21)22)8-11-4-2-3-5-15(11)23-16(20)13-7-6-12(17)9-14(13)18/h2-9H,1H3. The summed E-state index contributed by atoms with van der Waals surface area (Å²) in [4.78, 5) is 22.4. The van der Waals surface area contributed by atoms with E-state index in [1.807, 2.05) is 0 Å². The van der Waals surface area contributed by atoms with Crippen LogP contribution in [0.1, 0.15) is 22.8 Å². The van der Waals surface area contributed by atoms with Crippen molar-refractivity contribution in [2.75, 3.05) is 0 Å². The molecule has 2 aromatic rings. The van der Waals surface area contributed by atoms with Gasteiger partial charge < -0.3 is 4.74 Å². The lowest BCUT2D eigenvalue weighted by Crippen LogP contribution is -2.10. The molecule has 0 unspecified atom stereocenters. The van der Waals surface area contributed by atoms with E-state index in [0.29, 0.717) is 10.6 Å². The van der Waals surface area contributed by atoms with Gasteiger partial charge in [0, 0.05) is 23.6 Å². The third-order valence-electron chi connectivity index (χ3n) is 2.93. The van der Waals surface area contributed by atoms with Gasteiger partial charge >= 0.3 is 5.97 Å². The minimum atomic E-state index is -0.675. The maximum Gasteiger partial charge on any atom is 0.345 e. The van der Waals surface area contributed by atoms with Crippen molar-refractivity contribution in [2.45, 2.75) is 6.92 Å². The van der Waals surface area contributed by atoms with E-state index in [-0.39, 0.29) is 22.0 Å². The Labute approximate surface area is 142 Å². The molecule has 23 heavy (non-hydrogen) atoms. The maximum atomic E-state index is 12.2. The first kappa shape index (κ1) is 17.0. The Morgan fingerprint density at radius 2 is 1.91 bits per heavy atom. The quantitative estimate of drug-likeness (QED) is 0.341. The first-order valence-electron chi connectivity index (χ1n) is 6.47. The lowest BCUT2D eigenvalue weighted by atomic mass is 10.1. The molecule has 0 saturated heterocycles. The molecule has 118 valence electrons.